The predicted octanol–water partition coefficient (Wildman–Crippen LogP) is 0.413. The van der Waals surface area contributed by atoms with Crippen molar-refractivity contribution in [1.29, 1.82) is 0 Å². The van der Waals surface area contributed by atoms with Gasteiger partial charge in [-0.15, -0.1) is 0 Å². The summed E-state index contributed by atoms with van der Waals surface area (Å²) in [7, 11) is 1.57. The number of carboxylic acid groups (broad SMARTS) is 1. The van der Waals surface area contributed by atoms with Crippen LogP contribution in [0.15, 0.2) is 24.3 Å². The fourth-order valence-corrected chi connectivity index (χ4v) is 1.27. The highest BCUT2D eigenvalue weighted by atomic mass is 16.5. The maximum atomic E-state index is 11.3. The normalized spacial score (nSPS) is 9.83. The molecule has 18 heavy (non-hydrogen) atoms. The predicted molar refractivity (Wildman–Crippen MR) is 63.3 cm³/mol. The summed E-state index contributed by atoms with van der Waals surface area (Å²) in [6.45, 7) is -0.407. The number of hydrogen-bond donors (Lipinski definition) is 2. The first-order valence-electron chi connectivity index (χ1n) is 5.31. The monoisotopic (exact) mass is 253 g/mol. The van der Waals surface area contributed by atoms with Crippen LogP contribution in [0.1, 0.15) is 5.56 Å². The summed E-state index contributed by atoms with van der Waals surface area (Å²) in [5, 5.41) is 10.9. The minimum absolute atomic E-state index is 0.268. The number of ether oxygens (including phenoxy) is 2. The Balaban J connectivity index is 2.31. The van der Waals surface area contributed by atoms with Crippen LogP contribution in [-0.2, 0) is 20.9 Å². The third-order valence-corrected chi connectivity index (χ3v) is 2.08. The average Bonchev–Trinajstić information content (AvgIpc) is 2.36. The first kappa shape index (κ1) is 14.0. The van der Waals surface area contributed by atoms with E-state index in [1.165, 1.54) is 0 Å². The Morgan fingerprint density at radius 1 is 1.33 bits per heavy atom. The van der Waals surface area contributed by atoms with Gasteiger partial charge in [-0.2, -0.15) is 0 Å². The summed E-state index contributed by atoms with van der Waals surface area (Å²) in [6.07, 6.45) is 0. The number of carbonyl (C=O) groups is 2. The molecule has 1 rings (SSSR count). The summed E-state index contributed by atoms with van der Waals surface area (Å²) in [6, 6.07) is 7.28. The molecule has 98 valence electrons. The fourth-order valence-electron chi connectivity index (χ4n) is 1.27. The van der Waals surface area contributed by atoms with Crippen molar-refractivity contribution < 1.29 is 24.2 Å². The number of carbonyl (C=O) groups excluding carboxylic acids is 1. The van der Waals surface area contributed by atoms with E-state index >= 15 is 0 Å². The minimum atomic E-state index is -1.10. The second-order valence-electron chi connectivity index (χ2n) is 3.51. The Morgan fingerprint density at radius 3 is 2.78 bits per heavy atom. The van der Waals surface area contributed by atoms with E-state index in [2.05, 4.69) is 10.1 Å². The summed E-state index contributed by atoms with van der Waals surface area (Å²) in [5.41, 5.74) is 0.890. The lowest BCUT2D eigenvalue weighted by atomic mass is 10.2. The molecule has 2 N–H and O–H groups in total. The minimum Gasteiger partial charge on any atom is -0.497 e. The van der Waals surface area contributed by atoms with Crippen LogP contribution in [0.25, 0.3) is 0 Å². The van der Waals surface area contributed by atoms with Crippen molar-refractivity contribution in [2.24, 2.45) is 0 Å². The molecule has 1 aromatic carbocycles. The van der Waals surface area contributed by atoms with Gasteiger partial charge >= 0.3 is 5.97 Å². The Morgan fingerprint density at radius 2 is 2.11 bits per heavy atom. The van der Waals surface area contributed by atoms with Crippen molar-refractivity contribution >= 4 is 11.9 Å². The Hall–Kier alpha value is -2.08. The van der Waals surface area contributed by atoms with Gasteiger partial charge in [0.25, 0.3) is 0 Å². The van der Waals surface area contributed by atoms with E-state index in [1.54, 1.807) is 19.2 Å². The van der Waals surface area contributed by atoms with E-state index < -0.39 is 12.6 Å². The molecule has 0 aromatic heterocycles. The zero-order chi connectivity index (χ0) is 13.4. The molecule has 6 heteroatoms. The molecule has 0 aliphatic rings. The van der Waals surface area contributed by atoms with E-state index in [1.807, 2.05) is 12.1 Å². The van der Waals surface area contributed by atoms with Crippen molar-refractivity contribution in [2.45, 2.75) is 6.54 Å². The second-order valence-corrected chi connectivity index (χ2v) is 3.51. The van der Waals surface area contributed by atoms with Gasteiger partial charge in [-0.1, -0.05) is 12.1 Å². The number of rotatable bonds is 7. The number of nitrogens with one attached hydrogen (secondary N) is 1. The topological polar surface area (TPSA) is 84.9 Å². The van der Waals surface area contributed by atoms with Gasteiger partial charge in [0.05, 0.1) is 7.11 Å². The summed E-state index contributed by atoms with van der Waals surface area (Å²) < 4.78 is 9.70. The zero-order valence-electron chi connectivity index (χ0n) is 10.0. The summed E-state index contributed by atoms with van der Waals surface area (Å²) >= 11 is 0. The van der Waals surface area contributed by atoms with E-state index in [0.717, 1.165) is 5.56 Å². The summed E-state index contributed by atoms with van der Waals surface area (Å²) in [5.74, 6) is -0.751. The molecule has 1 amide bonds. The quantitative estimate of drug-likeness (QED) is 0.735. The van der Waals surface area contributed by atoms with Gasteiger partial charge in [-0.25, -0.2) is 4.79 Å². The molecule has 0 saturated heterocycles. The van der Waals surface area contributed by atoms with Gasteiger partial charge in [0.2, 0.25) is 5.91 Å². The molecule has 6 nitrogen and oxygen atoms in total. The van der Waals surface area contributed by atoms with Crippen molar-refractivity contribution in [3.8, 4) is 5.75 Å². The first-order chi connectivity index (χ1) is 8.61. The molecule has 0 heterocycles. The smallest absolute Gasteiger partial charge is 0.329 e. The van der Waals surface area contributed by atoms with Crippen molar-refractivity contribution in [1.82, 2.24) is 5.32 Å². The van der Waals surface area contributed by atoms with Crippen LogP contribution in [0, 0.1) is 0 Å². The number of benzene rings is 1. The van der Waals surface area contributed by atoms with E-state index in [0.29, 0.717) is 12.3 Å². The summed E-state index contributed by atoms with van der Waals surface area (Å²) in [4.78, 5) is 21.5. The second kappa shape index (κ2) is 7.29. The number of methoxy groups -OCH3 is 1. The van der Waals surface area contributed by atoms with Crippen LogP contribution in [0.4, 0.5) is 0 Å². The Labute approximate surface area is 105 Å². The number of carboxylic acids is 1. The number of hydrogen-bond acceptors (Lipinski definition) is 4. The van der Waals surface area contributed by atoms with Crippen molar-refractivity contribution in [3.05, 3.63) is 29.8 Å². The van der Waals surface area contributed by atoms with Crippen LogP contribution in [-0.4, -0.2) is 37.3 Å². The molecule has 0 atom stereocenters. The lowest BCUT2D eigenvalue weighted by Crippen LogP contribution is -2.28. The maximum Gasteiger partial charge on any atom is 0.329 e. The Bertz CT molecular complexity index is 419. The van der Waals surface area contributed by atoms with E-state index in [9.17, 15) is 9.59 Å². The van der Waals surface area contributed by atoms with Gasteiger partial charge in [0.15, 0.2) is 0 Å². The largest absolute Gasteiger partial charge is 0.497 e. The van der Waals surface area contributed by atoms with Crippen LogP contribution >= 0.6 is 0 Å². The van der Waals surface area contributed by atoms with Crippen LogP contribution in [0.2, 0.25) is 0 Å². The van der Waals surface area contributed by atoms with E-state index in [4.69, 9.17) is 9.84 Å². The molecule has 0 spiro atoms. The molecule has 0 radical (unpaired) electrons. The SMILES string of the molecule is COc1cccc(CNC(=O)COCC(=O)O)c1. The Kier molecular flexibility index (Phi) is 5.66. The molecule has 0 aliphatic carbocycles. The number of aliphatic carboxylic acids is 1. The highest BCUT2D eigenvalue weighted by Crippen LogP contribution is 2.11. The third kappa shape index (κ3) is 5.31. The van der Waals surface area contributed by atoms with E-state index in [-0.39, 0.29) is 12.5 Å². The lowest BCUT2D eigenvalue weighted by molar-refractivity contribution is -0.143. The van der Waals surface area contributed by atoms with Crippen LogP contribution < -0.4 is 10.1 Å². The fraction of sp³-hybridized carbons (Fsp3) is 0.333. The molecule has 0 bridgehead atoms. The van der Waals surface area contributed by atoms with Gasteiger partial charge in [0, 0.05) is 6.54 Å². The molecular weight excluding hydrogens is 238 g/mol. The highest BCUT2D eigenvalue weighted by Gasteiger charge is 2.04. The molecule has 0 saturated carbocycles. The standard InChI is InChI=1S/C12H15NO5/c1-17-10-4-2-3-9(5-10)6-13-11(14)7-18-8-12(15)16/h2-5H,6-8H2,1H3,(H,13,14)(H,15,16). The molecule has 0 unspecified atom stereocenters. The van der Waals surface area contributed by atoms with Gasteiger partial charge < -0.3 is 19.9 Å². The number of amides is 1. The molecule has 1 aromatic rings. The first-order valence-corrected chi connectivity index (χ1v) is 5.31. The lowest BCUT2D eigenvalue weighted by Gasteiger charge is -2.06. The van der Waals surface area contributed by atoms with Crippen molar-refractivity contribution in [3.63, 3.8) is 0 Å². The molecule has 0 fully saturated rings. The highest BCUT2D eigenvalue weighted by molar-refractivity contribution is 5.77. The molecule has 0 aliphatic heterocycles. The van der Waals surface area contributed by atoms with Gasteiger partial charge in [0.1, 0.15) is 19.0 Å². The average molecular weight is 253 g/mol. The maximum absolute atomic E-state index is 11.3. The van der Waals surface area contributed by atoms with Crippen LogP contribution in [0.5, 0.6) is 5.75 Å². The van der Waals surface area contributed by atoms with Gasteiger partial charge in [-0.3, -0.25) is 4.79 Å². The zero-order valence-corrected chi connectivity index (χ0v) is 10.0. The van der Waals surface area contributed by atoms with Crippen molar-refractivity contribution in [2.75, 3.05) is 20.3 Å². The van der Waals surface area contributed by atoms with Gasteiger partial charge in [-0.05, 0) is 17.7 Å². The molecular formula is C12H15NO5. The third-order valence-electron chi connectivity index (χ3n) is 2.08. The van der Waals surface area contributed by atoms with Crippen LogP contribution in [0.3, 0.4) is 0 Å².